The third kappa shape index (κ3) is 5.68. The Kier molecular flexibility index (Phi) is 6.61. The first-order valence-electron chi connectivity index (χ1n) is 9.08. The van der Waals surface area contributed by atoms with Crippen molar-refractivity contribution in [2.24, 2.45) is 0 Å². The Morgan fingerprint density at radius 1 is 1.14 bits per heavy atom. The summed E-state index contributed by atoms with van der Waals surface area (Å²) in [4.78, 5) is 39.3. The van der Waals surface area contributed by atoms with Gasteiger partial charge in [0.05, 0.1) is 10.0 Å². The molecule has 7 nitrogen and oxygen atoms in total. The van der Waals surface area contributed by atoms with Crippen molar-refractivity contribution < 1.29 is 33.0 Å². The molecular formula is C20H25BrFNO6. The number of halogens is 2. The maximum atomic E-state index is 12.9. The highest BCUT2D eigenvalue weighted by Crippen LogP contribution is 2.39. The lowest BCUT2D eigenvalue weighted by atomic mass is 10.0. The van der Waals surface area contributed by atoms with Crippen LogP contribution in [-0.4, -0.2) is 47.4 Å². The van der Waals surface area contributed by atoms with Gasteiger partial charge >= 0.3 is 12.1 Å². The quantitative estimate of drug-likeness (QED) is 0.467. The lowest BCUT2D eigenvalue weighted by Gasteiger charge is -2.23. The molecule has 0 saturated carbocycles. The first-order chi connectivity index (χ1) is 13.2. The smallest absolute Gasteiger partial charge is 0.456 e. The van der Waals surface area contributed by atoms with Gasteiger partial charge < -0.3 is 19.1 Å². The second kappa shape index (κ2) is 8.30. The molecule has 29 heavy (non-hydrogen) atoms. The van der Waals surface area contributed by atoms with Crippen molar-refractivity contribution in [1.82, 2.24) is 4.90 Å². The summed E-state index contributed by atoms with van der Waals surface area (Å²) in [6.45, 7) is 9.33. The van der Waals surface area contributed by atoms with Crippen LogP contribution in [0.15, 0.2) is 10.5 Å². The van der Waals surface area contributed by atoms with E-state index in [1.807, 2.05) is 0 Å². The van der Waals surface area contributed by atoms with Crippen LogP contribution in [-0.2, 0) is 16.0 Å². The summed E-state index contributed by atoms with van der Waals surface area (Å²) in [6.07, 6.45) is -1.03. The highest BCUT2D eigenvalue weighted by Gasteiger charge is 2.38. The van der Waals surface area contributed by atoms with Gasteiger partial charge in [-0.3, -0.25) is 4.79 Å². The SMILES string of the molecule is CC(C)(C)OC(=O)Oc1c(Br)cc2c(c1C(=O)OC(C)(C)C)C(=O)N(CCF)C2. The van der Waals surface area contributed by atoms with Crippen molar-refractivity contribution in [3.63, 3.8) is 0 Å². The zero-order chi connectivity index (χ0) is 22.1. The van der Waals surface area contributed by atoms with Gasteiger partial charge in [0.1, 0.15) is 23.4 Å². The first-order valence-corrected chi connectivity index (χ1v) is 9.87. The molecular weight excluding hydrogens is 449 g/mol. The number of carbonyl (C=O) groups excluding carboxylic acids is 3. The van der Waals surface area contributed by atoms with E-state index in [1.54, 1.807) is 47.6 Å². The molecule has 2 rings (SSSR count). The number of hydrogen-bond donors (Lipinski definition) is 0. The Bertz CT molecular complexity index is 841. The van der Waals surface area contributed by atoms with E-state index in [2.05, 4.69) is 15.9 Å². The summed E-state index contributed by atoms with van der Waals surface area (Å²) in [5.74, 6) is -1.54. The second-order valence-electron chi connectivity index (χ2n) is 8.58. The Morgan fingerprint density at radius 2 is 1.72 bits per heavy atom. The van der Waals surface area contributed by atoms with Gasteiger partial charge in [-0.1, -0.05) is 0 Å². The molecule has 0 atom stereocenters. The molecule has 0 saturated heterocycles. The zero-order valence-corrected chi connectivity index (χ0v) is 18.9. The third-order valence-corrected chi connectivity index (χ3v) is 4.30. The number of carbonyl (C=O) groups is 3. The molecule has 0 spiro atoms. The molecule has 1 aliphatic rings. The van der Waals surface area contributed by atoms with Gasteiger partial charge in [0.15, 0.2) is 5.75 Å². The summed E-state index contributed by atoms with van der Waals surface area (Å²) in [5, 5.41) is 0. The number of rotatable bonds is 4. The Morgan fingerprint density at radius 3 is 2.24 bits per heavy atom. The summed E-state index contributed by atoms with van der Waals surface area (Å²) >= 11 is 3.29. The van der Waals surface area contributed by atoms with Crippen LogP contribution in [0.5, 0.6) is 5.75 Å². The number of nitrogens with zero attached hydrogens (tertiary/aromatic N) is 1. The molecule has 160 valence electrons. The highest BCUT2D eigenvalue weighted by atomic mass is 79.9. The normalized spacial score (nSPS) is 13.9. The molecule has 0 radical (unpaired) electrons. The van der Waals surface area contributed by atoms with Crippen LogP contribution < -0.4 is 4.74 Å². The number of benzene rings is 1. The van der Waals surface area contributed by atoms with Crippen molar-refractivity contribution in [2.75, 3.05) is 13.2 Å². The van der Waals surface area contributed by atoms with E-state index in [0.29, 0.717) is 5.56 Å². The van der Waals surface area contributed by atoms with Crippen molar-refractivity contribution in [2.45, 2.75) is 59.3 Å². The van der Waals surface area contributed by atoms with Gasteiger partial charge in [-0.2, -0.15) is 0 Å². The summed E-state index contributed by atoms with van der Waals surface area (Å²) < 4.78 is 29.0. The average molecular weight is 474 g/mol. The standard InChI is InChI=1S/C20H25BrFNO6/c1-19(2,3)28-17(25)14-13-11(10-23(8-7-22)16(13)24)9-12(21)15(14)27-18(26)29-20(4,5)6/h9H,7-8,10H2,1-6H3. The van der Waals surface area contributed by atoms with Crippen LogP contribution >= 0.6 is 15.9 Å². The van der Waals surface area contributed by atoms with E-state index in [9.17, 15) is 18.8 Å². The second-order valence-corrected chi connectivity index (χ2v) is 9.44. The van der Waals surface area contributed by atoms with E-state index >= 15 is 0 Å². The Balaban J connectivity index is 2.57. The predicted molar refractivity (Wildman–Crippen MR) is 107 cm³/mol. The number of fused-ring (bicyclic) bond motifs is 1. The van der Waals surface area contributed by atoms with E-state index in [-0.39, 0.29) is 34.4 Å². The molecule has 1 heterocycles. The number of ether oxygens (including phenoxy) is 3. The molecule has 1 aromatic carbocycles. The van der Waals surface area contributed by atoms with Gasteiger partial charge in [-0.25, -0.2) is 14.0 Å². The topological polar surface area (TPSA) is 82.1 Å². The van der Waals surface area contributed by atoms with E-state index in [1.165, 1.54) is 4.90 Å². The van der Waals surface area contributed by atoms with Crippen LogP contribution in [0.3, 0.4) is 0 Å². The van der Waals surface area contributed by atoms with Crippen LogP contribution in [0, 0.1) is 0 Å². The zero-order valence-electron chi connectivity index (χ0n) is 17.4. The van der Waals surface area contributed by atoms with Gasteiger partial charge in [-0.05, 0) is 69.1 Å². The average Bonchev–Trinajstić information content (AvgIpc) is 2.80. The lowest BCUT2D eigenvalue weighted by molar-refractivity contribution is 0.00581. The van der Waals surface area contributed by atoms with Gasteiger partial charge in [-0.15, -0.1) is 0 Å². The summed E-state index contributed by atoms with van der Waals surface area (Å²) in [5.41, 5.74) is -1.32. The van der Waals surface area contributed by atoms with Crippen LogP contribution in [0.25, 0.3) is 0 Å². The summed E-state index contributed by atoms with van der Waals surface area (Å²) in [6, 6.07) is 1.57. The van der Waals surface area contributed by atoms with E-state index < -0.39 is 35.9 Å². The molecule has 0 fully saturated rings. The van der Waals surface area contributed by atoms with Gasteiger partial charge in [0, 0.05) is 13.1 Å². The van der Waals surface area contributed by atoms with E-state index in [0.717, 1.165) is 0 Å². The lowest BCUT2D eigenvalue weighted by Crippen LogP contribution is -2.30. The summed E-state index contributed by atoms with van der Waals surface area (Å²) in [7, 11) is 0. The van der Waals surface area contributed by atoms with Crippen LogP contribution in [0.2, 0.25) is 0 Å². The molecule has 0 N–H and O–H groups in total. The van der Waals surface area contributed by atoms with Crippen molar-refractivity contribution in [3.05, 3.63) is 27.2 Å². The fraction of sp³-hybridized carbons (Fsp3) is 0.550. The molecule has 0 unspecified atom stereocenters. The fourth-order valence-electron chi connectivity index (χ4n) is 2.75. The molecule has 1 amide bonds. The third-order valence-electron chi connectivity index (χ3n) is 3.71. The Labute approximate surface area is 177 Å². The van der Waals surface area contributed by atoms with Crippen LogP contribution in [0.4, 0.5) is 9.18 Å². The van der Waals surface area contributed by atoms with Crippen molar-refractivity contribution in [1.29, 1.82) is 0 Å². The number of amides is 1. The molecule has 9 heteroatoms. The highest BCUT2D eigenvalue weighted by molar-refractivity contribution is 9.10. The molecule has 0 aliphatic carbocycles. The molecule has 1 aliphatic heterocycles. The molecule has 1 aromatic rings. The molecule has 0 aromatic heterocycles. The number of alkyl halides is 1. The van der Waals surface area contributed by atoms with Gasteiger partial charge in [0.2, 0.25) is 0 Å². The predicted octanol–water partition coefficient (Wildman–Crippen LogP) is 4.64. The first kappa shape index (κ1) is 23.1. The van der Waals surface area contributed by atoms with Crippen LogP contribution in [0.1, 0.15) is 67.8 Å². The maximum absolute atomic E-state index is 12.9. The molecule has 0 bridgehead atoms. The maximum Gasteiger partial charge on any atom is 0.514 e. The van der Waals surface area contributed by atoms with E-state index in [4.69, 9.17) is 14.2 Å². The number of hydrogen-bond acceptors (Lipinski definition) is 6. The minimum atomic E-state index is -1.03. The van der Waals surface area contributed by atoms with Gasteiger partial charge in [0.25, 0.3) is 5.91 Å². The van der Waals surface area contributed by atoms with Crippen molar-refractivity contribution in [3.8, 4) is 5.75 Å². The fourth-order valence-corrected chi connectivity index (χ4v) is 3.30. The van der Waals surface area contributed by atoms with Crippen molar-refractivity contribution >= 4 is 34.0 Å². The monoisotopic (exact) mass is 473 g/mol. The minimum absolute atomic E-state index is 0.0365. The Hall–Kier alpha value is -2.16. The largest absolute Gasteiger partial charge is 0.514 e. The minimum Gasteiger partial charge on any atom is -0.456 e. The number of esters is 1.